The molecule has 0 saturated heterocycles. The molecular weight excluding hydrogens is 517 g/mol. The van der Waals surface area contributed by atoms with Gasteiger partial charge in [0.15, 0.2) is 0 Å². The number of carboxylic acids is 1. The second-order valence-corrected chi connectivity index (χ2v) is 11.2. The van der Waals surface area contributed by atoms with E-state index in [0.717, 1.165) is 34.7 Å². The molecule has 0 spiro atoms. The molecule has 202 valence electrons. The molecule has 1 aromatic carbocycles. The van der Waals surface area contributed by atoms with E-state index in [-0.39, 0.29) is 12.4 Å². The lowest BCUT2D eigenvalue weighted by Crippen LogP contribution is -2.44. The predicted octanol–water partition coefficient (Wildman–Crippen LogP) is 6.88. The minimum Gasteiger partial charge on any atom is -0.481 e. The van der Waals surface area contributed by atoms with E-state index in [1.165, 1.54) is 11.3 Å². The molecule has 1 aliphatic rings. The number of carbonyl (C=O) groups is 1. The topological polar surface area (TPSA) is 108 Å². The highest BCUT2D eigenvalue weighted by molar-refractivity contribution is 7.15. The Hall–Kier alpha value is -3.31. The molecule has 2 unspecified atom stereocenters. The molecule has 1 fully saturated rings. The van der Waals surface area contributed by atoms with Gasteiger partial charge >= 0.3 is 12.1 Å². The number of anilines is 2. The molecule has 7 nitrogen and oxygen atoms in total. The minimum atomic E-state index is -4.59. The van der Waals surface area contributed by atoms with Gasteiger partial charge in [0.2, 0.25) is 5.95 Å². The van der Waals surface area contributed by atoms with Crippen molar-refractivity contribution in [2.45, 2.75) is 58.2 Å². The maximum absolute atomic E-state index is 13.1. The van der Waals surface area contributed by atoms with E-state index in [1.54, 1.807) is 18.3 Å². The Balaban J connectivity index is 1.66. The quantitative estimate of drug-likeness (QED) is 0.296. The number of aliphatic hydroxyl groups is 1. The molecule has 3 aromatic rings. The number of hydrogen-bond acceptors (Lipinski definition) is 7. The first kappa shape index (κ1) is 27.7. The van der Waals surface area contributed by atoms with Crippen LogP contribution in [0.5, 0.6) is 0 Å². The predicted molar refractivity (Wildman–Crippen MR) is 140 cm³/mol. The van der Waals surface area contributed by atoms with Crippen LogP contribution in [0.2, 0.25) is 0 Å². The monoisotopic (exact) mass is 546 g/mol. The van der Waals surface area contributed by atoms with E-state index < -0.39 is 34.8 Å². The number of thiazole rings is 1. The first-order valence-electron chi connectivity index (χ1n) is 12.2. The zero-order chi connectivity index (χ0) is 27.7. The number of aromatic nitrogens is 3. The van der Waals surface area contributed by atoms with Crippen LogP contribution in [0.1, 0.15) is 62.7 Å². The molecule has 2 aromatic heterocycles. The average molecular weight is 547 g/mol. The molecule has 3 N–H and O–H groups in total. The number of benzene rings is 1. The lowest BCUT2D eigenvalue weighted by Gasteiger charge is -2.44. The number of nitrogens with one attached hydrogen (secondary N) is 1. The number of halogens is 3. The number of alkyl halides is 3. The third-order valence-corrected chi connectivity index (χ3v) is 7.97. The molecule has 0 amide bonds. The molecule has 4 rings (SSSR count). The summed E-state index contributed by atoms with van der Waals surface area (Å²) in [5, 5.41) is 24.4. The Morgan fingerprint density at radius 3 is 2.68 bits per heavy atom. The number of nitrogens with zero attached hydrogens (tertiary/aromatic N) is 3. The fourth-order valence-electron chi connectivity index (χ4n) is 4.92. The highest BCUT2D eigenvalue weighted by Gasteiger charge is 2.49. The largest absolute Gasteiger partial charge is 0.481 e. The van der Waals surface area contributed by atoms with Crippen molar-refractivity contribution in [1.82, 2.24) is 15.0 Å². The SMILES string of the molecule is CC/C=C\c1cc(Nc2nccc(C(F)(F)F)n2)cc(-c2cnc(C3(O)CCC(C(=O)O)C(C)(C)C3)s2)c1. The summed E-state index contributed by atoms with van der Waals surface area (Å²) in [5.74, 6) is -1.59. The van der Waals surface area contributed by atoms with Crippen molar-refractivity contribution in [2.24, 2.45) is 11.3 Å². The summed E-state index contributed by atoms with van der Waals surface area (Å²) < 4.78 is 39.3. The van der Waals surface area contributed by atoms with Gasteiger partial charge in [0.1, 0.15) is 16.3 Å². The average Bonchev–Trinajstić information content (AvgIpc) is 3.33. The molecule has 1 aliphatic carbocycles. The van der Waals surface area contributed by atoms with Crippen LogP contribution in [-0.4, -0.2) is 31.1 Å². The van der Waals surface area contributed by atoms with Crippen molar-refractivity contribution < 1.29 is 28.2 Å². The molecule has 0 aliphatic heterocycles. The zero-order valence-electron chi connectivity index (χ0n) is 21.2. The first-order chi connectivity index (χ1) is 17.8. The first-order valence-corrected chi connectivity index (χ1v) is 13.0. The van der Waals surface area contributed by atoms with Gasteiger partial charge in [-0.3, -0.25) is 4.79 Å². The van der Waals surface area contributed by atoms with Gasteiger partial charge in [0, 0.05) is 18.1 Å². The summed E-state index contributed by atoms with van der Waals surface area (Å²) >= 11 is 1.31. The number of allylic oxidation sites excluding steroid dienone is 1. The van der Waals surface area contributed by atoms with Crippen molar-refractivity contribution in [3.63, 3.8) is 0 Å². The van der Waals surface area contributed by atoms with Crippen LogP contribution in [0, 0.1) is 11.3 Å². The molecule has 0 radical (unpaired) electrons. The summed E-state index contributed by atoms with van der Waals surface area (Å²) in [6.07, 6.45) is 3.69. The van der Waals surface area contributed by atoms with Crippen LogP contribution in [0.15, 0.2) is 42.7 Å². The minimum absolute atomic E-state index is 0.181. The fraction of sp³-hybridized carbons (Fsp3) is 0.407. The summed E-state index contributed by atoms with van der Waals surface area (Å²) in [5.41, 5.74) is -0.838. The summed E-state index contributed by atoms with van der Waals surface area (Å²) in [6.45, 7) is 5.69. The van der Waals surface area contributed by atoms with Gasteiger partial charge in [-0.1, -0.05) is 32.9 Å². The van der Waals surface area contributed by atoms with Crippen molar-refractivity contribution in [3.8, 4) is 10.4 Å². The van der Waals surface area contributed by atoms with Gasteiger partial charge in [-0.05, 0) is 66.5 Å². The van der Waals surface area contributed by atoms with Crippen LogP contribution in [0.3, 0.4) is 0 Å². The number of rotatable bonds is 7. The second kappa shape index (κ2) is 10.5. The molecule has 38 heavy (non-hydrogen) atoms. The van der Waals surface area contributed by atoms with Crippen LogP contribution in [0.25, 0.3) is 16.5 Å². The van der Waals surface area contributed by atoms with Gasteiger partial charge in [-0.2, -0.15) is 13.2 Å². The van der Waals surface area contributed by atoms with Crippen LogP contribution < -0.4 is 5.32 Å². The Morgan fingerprint density at radius 1 is 1.26 bits per heavy atom. The van der Waals surface area contributed by atoms with Crippen LogP contribution in [0.4, 0.5) is 24.8 Å². The smallest absolute Gasteiger partial charge is 0.433 e. The molecule has 11 heteroatoms. The van der Waals surface area contributed by atoms with Crippen molar-refractivity contribution in [3.05, 3.63) is 59.0 Å². The lowest BCUT2D eigenvalue weighted by atomic mass is 9.63. The van der Waals surface area contributed by atoms with Crippen LogP contribution in [-0.2, 0) is 16.6 Å². The summed E-state index contributed by atoms with van der Waals surface area (Å²) in [6, 6.07) is 6.28. The van der Waals surface area contributed by atoms with Gasteiger partial charge in [-0.25, -0.2) is 15.0 Å². The van der Waals surface area contributed by atoms with E-state index in [4.69, 9.17) is 0 Å². The highest BCUT2D eigenvalue weighted by Crippen LogP contribution is 2.51. The Morgan fingerprint density at radius 2 is 2.03 bits per heavy atom. The number of hydrogen-bond donors (Lipinski definition) is 3. The standard InChI is InChI=1S/C27H29F3N4O3S/c1-4-5-6-16-11-17(13-18(12-16)33-24-31-10-8-21(34-24)27(28,29)30)20-14-32-23(38-20)26(37)9-7-19(22(35)36)25(2,3)15-26/h5-6,8,10-14,19,37H,4,7,9,15H2,1-3H3,(H,35,36)(H,31,33,34)/b6-5-. The second-order valence-electron chi connectivity index (χ2n) is 10.2. The Labute approximate surface area is 222 Å². The van der Waals surface area contributed by atoms with E-state index in [9.17, 15) is 28.2 Å². The molecule has 2 heterocycles. The molecule has 1 saturated carbocycles. The third-order valence-electron chi connectivity index (χ3n) is 6.73. The van der Waals surface area contributed by atoms with Crippen molar-refractivity contribution >= 4 is 35.0 Å². The maximum Gasteiger partial charge on any atom is 0.433 e. The normalized spacial score (nSPS) is 21.5. The number of carboxylic acid groups (broad SMARTS) is 1. The van der Waals surface area contributed by atoms with E-state index in [1.807, 2.05) is 39.0 Å². The van der Waals surface area contributed by atoms with Crippen molar-refractivity contribution in [1.29, 1.82) is 0 Å². The van der Waals surface area contributed by atoms with E-state index >= 15 is 0 Å². The zero-order valence-corrected chi connectivity index (χ0v) is 22.0. The summed E-state index contributed by atoms with van der Waals surface area (Å²) in [4.78, 5) is 24.4. The summed E-state index contributed by atoms with van der Waals surface area (Å²) in [7, 11) is 0. The van der Waals surface area contributed by atoms with Gasteiger partial charge < -0.3 is 15.5 Å². The van der Waals surface area contributed by atoms with Gasteiger partial charge in [0.25, 0.3) is 0 Å². The third kappa shape index (κ3) is 6.05. The molecule has 2 atom stereocenters. The van der Waals surface area contributed by atoms with Gasteiger partial charge in [-0.15, -0.1) is 11.3 Å². The molecule has 0 bridgehead atoms. The van der Waals surface area contributed by atoms with E-state index in [2.05, 4.69) is 20.3 Å². The Bertz CT molecular complexity index is 1360. The van der Waals surface area contributed by atoms with Crippen LogP contribution >= 0.6 is 11.3 Å². The lowest BCUT2D eigenvalue weighted by molar-refractivity contribution is -0.154. The maximum atomic E-state index is 13.1. The Kier molecular flexibility index (Phi) is 7.62. The molecular formula is C27H29F3N4O3S. The van der Waals surface area contributed by atoms with Gasteiger partial charge in [0.05, 0.1) is 10.8 Å². The van der Waals surface area contributed by atoms with Crippen molar-refractivity contribution in [2.75, 3.05) is 5.32 Å². The fourth-order valence-corrected chi connectivity index (χ4v) is 5.94. The van der Waals surface area contributed by atoms with E-state index in [0.29, 0.717) is 23.5 Å². The number of aliphatic carboxylic acids is 1. The highest BCUT2D eigenvalue weighted by atomic mass is 32.1.